The number of hydrogen-bond acceptors (Lipinski definition) is 3. The summed E-state index contributed by atoms with van der Waals surface area (Å²) in [4.78, 5) is 8.27. The first-order chi connectivity index (χ1) is 6.24. The number of nitrogens with two attached hydrogens (primary N) is 2. The predicted molar refractivity (Wildman–Crippen MR) is 56.2 cm³/mol. The van der Waals surface area contributed by atoms with E-state index in [1.165, 1.54) is 12.8 Å². The molecule has 4 nitrogen and oxygen atoms in total. The lowest BCUT2D eigenvalue weighted by Crippen LogP contribution is -2.17. The van der Waals surface area contributed by atoms with Gasteiger partial charge in [-0.05, 0) is 12.8 Å². The van der Waals surface area contributed by atoms with Crippen LogP contribution in [0.1, 0.15) is 12.8 Å². The van der Waals surface area contributed by atoms with Crippen LogP contribution < -0.4 is 11.5 Å². The quantitative estimate of drug-likeness (QED) is 0.464. The Morgan fingerprint density at radius 1 is 1.54 bits per heavy atom. The third kappa shape index (κ3) is 3.85. The molecule has 0 heterocycles. The van der Waals surface area contributed by atoms with Gasteiger partial charge >= 0.3 is 0 Å². The van der Waals surface area contributed by atoms with E-state index in [9.17, 15) is 0 Å². The maximum atomic E-state index is 5.61. The molecule has 0 aromatic rings. The van der Waals surface area contributed by atoms with Crippen molar-refractivity contribution in [2.24, 2.45) is 21.5 Å². The van der Waals surface area contributed by atoms with Crippen LogP contribution in [-0.4, -0.2) is 31.2 Å². The van der Waals surface area contributed by atoms with Gasteiger partial charge in [-0.15, -0.1) is 0 Å². The fourth-order valence-electron chi connectivity index (χ4n) is 0.772. The fourth-order valence-corrected chi connectivity index (χ4v) is 0.772. The third-order valence-corrected chi connectivity index (χ3v) is 1.73. The zero-order valence-electron chi connectivity index (χ0n) is 7.74. The first kappa shape index (κ1) is 9.92. The van der Waals surface area contributed by atoms with Gasteiger partial charge in [0.25, 0.3) is 0 Å². The molecule has 72 valence electrons. The van der Waals surface area contributed by atoms with Crippen LogP contribution in [0.4, 0.5) is 0 Å². The van der Waals surface area contributed by atoms with Gasteiger partial charge < -0.3 is 11.5 Å². The Morgan fingerprint density at radius 3 is 2.77 bits per heavy atom. The van der Waals surface area contributed by atoms with Gasteiger partial charge in [-0.1, -0.05) is 6.58 Å². The maximum absolute atomic E-state index is 5.61. The first-order valence-corrected chi connectivity index (χ1v) is 4.46. The molecule has 0 aromatic heterocycles. The van der Waals surface area contributed by atoms with E-state index >= 15 is 0 Å². The Morgan fingerprint density at radius 2 is 2.23 bits per heavy atom. The van der Waals surface area contributed by atoms with Crippen LogP contribution >= 0.6 is 0 Å². The minimum absolute atomic E-state index is 0.440. The maximum Gasteiger partial charge on any atom is 0.126 e. The second-order valence-electron chi connectivity index (χ2n) is 3.09. The van der Waals surface area contributed by atoms with E-state index in [0.29, 0.717) is 30.5 Å². The summed E-state index contributed by atoms with van der Waals surface area (Å²) in [6.45, 7) is 4.81. The van der Waals surface area contributed by atoms with Crippen molar-refractivity contribution in [2.75, 3.05) is 13.1 Å². The molecule has 0 saturated heterocycles. The summed E-state index contributed by atoms with van der Waals surface area (Å²) >= 11 is 0. The highest BCUT2D eigenvalue weighted by atomic mass is 14.9. The molecule has 0 aliphatic heterocycles. The average Bonchev–Trinajstić information content (AvgIpc) is 2.93. The molecule has 0 aromatic carbocycles. The Kier molecular flexibility index (Phi) is 3.64. The predicted octanol–water partition coefficient (Wildman–Crippen LogP) is 0.0917. The molecule has 0 amide bonds. The van der Waals surface area contributed by atoms with E-state index in [2.05, 4.69) is 16.6 Å². The lowest BCUT2D eigenvalue weighted by atomic mass is 10.3. The minimum Gasteiger partial charge on any atom is -0.383 e. The minimum atomic E-state index is 0.440. The molecule has 0 unspecified atom stereocenters. The molecule has 4 heteroatoms. The smallest absolute Gasteiger partial charge is 0.126 e. The lowest BCUT2D eigenvalue weighted by Gasteiger charge is -1.97. The Balaban J connectivity index is 2.36. The molecule has 1 fully saturated rings. The molecular weight excluding hydrogens is 164 g/mol. The molecule has 0 bridgehead atoms. The number of rotatable bonds is 5. The van der Waals surface area contributed by atoms with Crippen molar-refractivity contribution < 1.29 is 0 Å². The second kappa shape index (κ2) is 4.77. The molecular formula is C9H16N4. The van der Waals surface area contributed by atoms with Gasteiger partial charge in [0.2, 0.25) is 0 Å². The summed E-state index contributed by atoms with van der Waals surface area (Å²) in [5.41, 5.74) is 11.6. The summed E-state index contributed by atoms with van der Waals surface area (Å²) in [6.07, 6.45) is 4.07. The van der Waals surface area contributed by atoms with Crippen LogP contribution in [0.5, 0.6) is 0 Å². The molecule has 0 radical (unpaired) electrons. The summed E-state index contributed by atoms with van der Waals surface area (Å²) in [5.74, 6) is 0.440. The molecule has 1 aliphatic rings. The van der Waals surface area contributed by atoms with Gasteiger partial charge in [-0.3, -0.25) is 9.98 Å². The van der Waals surface area contributed by atoms with E-state index in [1.54, 1.807) is 6.21 Å². The van der Waals surface area contributed by atoms with Gasteiger partial charge in [-0.2, -0.15) is 0 Å². The third-order valence-electron chi connectivity index (χ3n) is 1.73. The largest absolute Gasteiger partial charge is 0.383 e. The molecule has 13 heavy (non-hydrogen) atoms. The van der Waals surface area contributed by atoms with Crippen molar-refractivity contribution in [1.29, 1.82) is 0 Å². The molecule has 0 spiro atoms. The summed E-state index contributed by atoms with van der Waals surface area (Å²) in [6, 6.07) is 0.499. The van der Waals surface area contributed by atoms with E-state index < -0.39 is 0 Å². The van der Waals surface area contributed by atoms with E-state index in [0.717, 1.165) is 0 Å². The Hall–Kier alpha value is -1.16. The molecule has 4 N–H and O–H groups in total. The molecule has 1 rings (SSSR count). The van der Waals surface area contributed by atoms with Gasteiger partial charge in [-0.25, -0.2) is 0 Å². The van der Waals surface area contributed by atoms with Gasteiger partial charge in [0.1, 0.15) is 5.84 Å². The zero-order chi connectivity index (χ0) is 9.68. The number of hydrogen-bond donors (Lipinski definition) is 2. The van der Waals surface area contributed by atoms with Gasteiger partial charge in [0, 0.05) is 18.3 Å². The monoisotopic (exact) mass is 180 g/mol. The van der Waals surface area contributed by atoms with Crippen molar-refractivity contribution in [1.82, 2.24) is 0 Å². The SMILES string of the molecule is C=C(C=NC1CC1)C(N)=NCCN. The summed E-state index contributed by atoms with van der Waals surface area (Å²) < 4.78 is 0. The summed E-state index contributed by atoms with van der Waals surface area (Å²) in [7, 11) is 0. The highest BCUT2D eigenvalue weighted by Gasteiger charge is 2.18. The van der Waals surface area contributed by atoms with Crippen molar-refractivity contribution in [3.63, 3.8) is 0 Å². The normalized spacial score (nSPS) is 18.1. The van der Waals surface area contributed by atoms with E-state index in [1.807, 2.05) is 0 Å². The second-order valence-corrected chi connectivity index (χ2v) is 3.09. The van der Waals surface area contributed by atoms with Crippen LogP contribution in [0.15, 0.2) is 22.1 Å². The van der Waals surface area contributed by atoms with Crippen molar-refractivity contribution in [3.8, 4) is 0 Å². The van der Waals surface area contributed by atoms with Gasteiger partial charge in [0.05, 0.1) is 12.6 Å². The Bertz CT molecular complexity index is 238. The number of amidine groups is 1. The van der Waals surface area contributed by atoms with Crippen molar-refractivity contribution in [2.45, 2.75) is 18.9 Å². The van der Waals surface area contributed by atoms with E-state index in [-0.39, 0.29) is 0 Å². The average molecular weight is 180 g/mol. The Labute approximate surface area is 78.4 Å². The van der Waals surface area contributed by atoms with Crippen LogP contribution in [-0.2, 0) is 0 Å². The highest BCUT2D eigenvalue weighted by molar-refractivity contribution is 6.13. The summed E-state index contributed by atoms with van der Waals surface area (Å²) in [5, 5.41) is 0. The molecule has 1 saturated carbocycles. The van der Waals surface area contributed by atoms with E-state index in [4.69, 9.17) is 11.5 Å². The van der Waals surface area contributed by atoms with Crippen molar-refractivity contribution >= 4 is 12.1 Å². The standard InChI is InChI=1S/C9H16N4/c1-7(6-13-8-2-3-8)9(11)12-5-4-10/h6,8H,1-5,10H2,(H2,11,12). The van der Waals surface area contributed by atoms with Crippen LogP contribution in [0.2, 0.25) is 0 Å². The topological polar surface area (TPSA) is 76.8 Å². The molecule has 0 atom stereocenters. The van der Waals surface area contributed by atoms with Crippen molar-refractivity contribution in [3.05, 3.63) is 12.2 Å². The first-order valence-electron chi connectivity index (χ1n) is 4.46. The number of aliphatic imine (C=N–C) groups is 2. The van der Waals surface area contributed by atoms with Crippen LogP contribution in [0.25, 0.3) is 0 Å². The van der Waals surface area contributed by atoms with Gasteiger partial charge in [0.15, 0.2) is 0 Å². The number of nitrogens with zero attached hydrogens (tertiary/aromatic N) is 2. The lowest BCUT2D eigenvalue weighted by molar-refractivity contribution is 0.973. The van der Waals surface area contributed by atoms with Crippen LogP contribution in [0, 0.1) is 0 Å². The molecule has 1 aliphatic carbocycles. The fraction of sp³-hybridized carbons (Fsp3) is 0.556. The van der Waals surface area contributed by atoms with Crippen LogP contribution in [0.3, 0.4) is 0 Å². The highest BCUT2D eigenvalue weighted by Crippen LogP contribution is 2.22. The zero-order valence-corrected chi connectivity index (χ0v) is 7.74.